The van der Waals surface area contributed by atoms with E-state index in [0.29, 0.717) is 0 Å². The predicted molar refractivity (Wildman–Crippen MR) is 103 cm³/mol. The lowest BCUT2D eigenvalue weighted by Gasteiger charge is -2.39. The normalized spacial score (nSPS) is 14.3. The van der Waals surface area contributed by atoms with Crippen molar-refractivity contribution in [1.29, 1.82) is 0 Å². The molecule has 0 fully saturated rings. The van der Waals surface area contributed by atoms with Crippen LogP contribution in [0.4, 0.5) is 4.79 Å². The average molecular weight is 382 g/mol. The summed E-state index contributed by atoms with van der Waals surface area (Å²) in [7, 11) is -0.814. The second-order valence-corrected chi connectivity index (χ2v) is 12.9. The van der Waals surface area contributed by atoms with Gasteiger partial charge in [-0.05, 0) is 30.6 Å². The van der Waals surface area contributed by atoms with Crippen LogP contribution in [-0.2, 0) is 25.3 Å². The lowest BCUT2D eigenvalue weighted by atomic mass is 10.1. The van der Waals surface area contributed by atoms with Gasteiger partial charge in [0.15, 0.2) is 13.9 Å². The lowest BCUT2D eigenvalue weighted by Crippen LogP contribution is -2.58. The number of rotatable bonds is 7. The molecule has 1 amide bonds. The van der Waals surface area contributed by atoms with Crippen LogP contribution in [0.2, 0.25) is 18.1 Å². The minimum atomic E-state index is -2.10. The van der Waals surface area contributed by atoms with Crippen molar-refractivity contribution in [3.63, 3.8) is 0 Å². The molecule has 7 heteroatoms. The summed E-state index contributed by atoms with van der Waals surface area (Å²) >= 11 is 0. The number of carbonyl (C=O) groups is 2. The van der Waals surface area contributed by atoms with Gasteiger partial charge in [0.25, 0.3) is 0 Å². The molecule has 1 aromatic rings. The summed E-state index contributed by atoms with van der Waals surface area (Å²) in [5.74, 6) is -0.576. The number of methoxy groups -OCH3 is 1. The Balaban J connectivity index is 2.75. The summed E-state index contributed by atoms with van der Waals surface area (Å²) < 4.78 is 16.2. The number of alkyl carbamates (subject to hydrolysis) is 1. The van der Waals surface area contributed by atoms with Crippen molar-refractivity contribution >= 4 is 20.4 Å². The van der Waals surface area contributed by atoms with E-state index in [-0.39, 0.29) is 18.3 Å². The van der Waals surface area contributed by atoms with E-state index in [1.165, 1.54) is 7.11 Å². The maximum Gasteiger partial charge on any atom is 0.408 e. The quantitative estimate of drug-likeness (QED) is 0.573. The van der Waals surface area contributed by atoms with Crippen LogP contribution in [-0.4, -0.2) is 39.6 Å². The Morgan fingerprint density at radius 3 is 2.15 bits per heavy atom. The molecule has 0 saturated carbocycles. The Morgan fingerprint density at radius 2 is 1.65 bits per heavy atom. The van der Waals surface area contributed by atoms with E-state index in [0.717, 1.165) is 5.56 Å². The SMILES string of the molecule is COC(=O)[C@@](C)(CO[Si](C)(C)C(C)(C)C)NC(=O)OCc1ccccc1. The molecule has 0 saturated heterocycles. The van der Waals surface area contributed by atoms with Gasteiger partial charge in [0.05, 0.1) is 13.7 Å². The molecule has 0 aliphatic heterocycles. The first-order valence-corrected chi connectivity index (χ1v) is 11.5. The topological polar surface area (TPSA) is 73.9 Å². The molecule has 1 aromatic carbocycles. The van der Waals surface area contributed by atoms with E-state index < -0.39 is 25.9 Å². The molecule has 26 heavy (non-hydrogen) atoms. The molecule has 0 spiro atoms. The van der Waals surface area contributed by atoms with Gasteiger partial charge in [-0.15, -0.1) is 0 Å². The molecule has 0 bridgehead atoms. The van der Waals surface area contributed by atoms with Crippen molar-refractivity contribution in [2.24, 2.45) is 0 Å². The highest BCUT2D eigenvalue weighted by Crippen LogP contribution is 2.37. The smallest absolute Gasteiger partial charge is 0.408 e. The first-order chi connectivity index (χ1) is 11.9. The van der Waals surface area contributed by atoms with E-state index >= 15 is 0 Å². The zero-order chi connectivity index (χ0) is 20.0. The van der Waals surface area contributed by atoms with Crippen molar-refractivity contribution in [2.75, 3.05) is 13.7 Å². The first kappa shape index (κ1) is 22.2. The molecule has 1 atom stereocenters. The van der Waals surface area contributed by atoms with Crippen LogP contribution in [0.25, 0.3) is 0 Å². The number of esters is 1. The largest absolute Gasteiger partial charge is 0.467 e. The highest BCUT2D eigenvalue weighted by molar-refractivity contribution is 6.74. The number of nitrogens with one attached hydrogen (secondary N) is 1. The van der Waals surface area contributed by atoms with Gasteiger partial charge in [-0.25, -0.2) is 9.59 Å². The third kappa shape index (κ3) is 6.14. The summed E-state index contributed by atoms with van der Waals surface area (Å²) in [6, 6.07) is 9.32. The molecule has 6 nitrogen and oxygen atoms in total. The summed E-state index contributed by atoms with van der Waals surface area (Å²) in [6.07, 6.45) is -0.694. The second kappa shape index (κ2) is 8.68. The Hall–Kier alpha value is -1.86. The van der Waals surface area contributed by atoms with Gasteiger partial charge < -0.3 is 19.2 Å². The van der Waals surface area contributed by atoms with Crippen LogP contribution in [0.1, 0.15) is 33.3 Å². The summed E-state index contributed by atoms with van der Waals surface area (Å²) in [6.45, 7) is 12.2. The number of ether oxygens (including phenoxy) is 2. The van der Waals surface area contributed by atoms with E-state index in [9.17, 15) is 9.59 Å². The number of hydrogen-bond donors (Lipinski definition) is 1. The Labute approximate surface area is 157 Å². The van der Waals surface area contributed by atoms with Crippen molar-refractivity contribution in [2.45, 2.75) is 58.0 Å². The van der Waals surface area contributed by atoms with Gasteiger partial charge in [-0.3, -0.25) is 0 Å². The molecule has 0 unspecified atom stereocenters. The van der Waals surface area contributed by atoms with Crippen LogP contribution < -0.4 is 5.32 Å². The number of hydrogen-bond acceptors (Lipinski definition) is 5. The summed E-state index contributed by atoms with van der Waals surface area (Å²) in [5, 5.41) is 2.58. The molecule has 0 radical (unpaired) electrons. The second-order valence-electron chi connectivity index (χ2n) is 8.06. The fourth-order valence-corrected chi connectivity index (χ4v) is 2.98. The molecular weight excluding hydrogens is 350 g/mol. The minimum Gasteiger partial charge on any atom is -0.467 e. The van der Waals surface area contributed by atoms with Crippen LogP contribution in [0.15, 0.2) is 30.3 Å². The monoisotopic (exact) mass is 381 g/mol. The molecule has 146 valence electrons. The molecule has 0 aliphatic carbocycles. The zero-order valence-corrected chi connectivity index (χ0v) is 17.8. The Bertz CT molecular complexity index is 612. The van der Waals surface area contributed by atoms with Crippen molar-refractivity contribution in [3.8, 4) is 0 Å². The first-order valence-electron chi connectivity index (χ1n) is 8.62. The van der Waals surface area contributed by atoms with Crippen LogP contribution in [0.5, 0.6) is 0 Å². The van der Waals surface area contributed by atoms with Crippen LogP contribution >= 0.6 is 0 Å². The fraction of sp³-hybridized carbons (Fsp3) is 0.579. The van der Waals surface area contributed by atoms with Crippen molar-refractivity contribution < 1.29 is 23.5 Å². The van der Waals surface area contributed by atoms with Gasteiger partial charge in [0, 0.05) is 0 Å². The summed E-state index contributed by atoms with van der Waals surface area (Å²) in [4.78, 5) is 24.4. The minimum absolute atomic E-state index is 0.0160. The molecule has 0 aliphatic rings. The number of benzene rings is 1. The van der Waals surface area contributed by atoms with Gasteiger partial charge in [0.1, 0.15) is 6.61 Å². The van der Waals surface area contributed by atoms with Crippen molar-refractivity contribution in [3.05, 3.63) is 35.9 Å². The highest BCUT2D eigenvalue weighted by Gasteiger charge is 2.43. The molecule has 1 rings (SSSR count). The molecule has 0 aromatic heterocycles. The van der Waals surface area contributed by atoms with E-state index in [1.54, 1.807) is 6.92 Å². The third-order valence-electron chi connectivity index (χ3n) is 4.75. The lowest BCUT2D eigenvalue weighted by molar-refractivity contribution is -0.149. The van der Waals surface area contributed by atoms with Gasteiger partial charge >= 0.3 is 12.1 Å². The third-order valence-corrected chi connectivity index (χ3v) is 9.23. The Kier molecular flexibility index (Phi) is 7.41. The van der Waals surface area contributed by atoms with Crippen molar-refractivity contribution in [1.82, 2.24) is 5.32 Å². The number of amides is 1. The molecular formula is C19H31NO5Si. The average Bonchev–Trinajstić information content (AvgIpc) is 2.57. The Morgan fingerprint density at radius 1 is 1.08 bits per heavy atom. The van der Waals surface area contributed by atoms with Gasteiger partial charge in [0.2, 0.25) is 0 Å². The standard InChI is InChI=1S/C19H31NO5Si/c1-18(2,3)26(6,7)25-14-19(4,16(21)23-5)20-17(22)24-13-15-11-9-8-10-12-15/h8-12H,13-14H2,1-7H3,(H,20,22)/t19-/m1/s1. The maximum absolute atomic E-state index is 12.3. The van der Waals surface area contributed by atoms with E-state index in [2.05, 4.69) is 39.2 Å². The number of carbonyl (C=O) groups excluding carboxylic acids is 2. The van der Waals surface area contributed by atoms with Gasteiger partial charge in [-0.2, -0.15) is 0 Å². The highest BCUT2D eigenvalue weighted by atomic mass is 28.4. The van der Waals surface area contributed by atoms with Gasteiger partial charge in [-0.1, -0.05) is 51.1 Å². The summed E-state index contributed by atoms with van der Waals surface area (Å²) in [5.41, 5.74) is -0.460. The van der Waals surface area contributed by atoms with Crippen LogP contribution in [0.3, 0.4) is 0 Å². The van der Waals surface area contributed by atoms with E-state index in [4.69, 9.17) is 13.9 Å². The van der Waals surface area contributed by atoms with Crippen LogP contribution in [0, 0.1) is 0 Å². The zero-order valence-electron chi connectivity index (χ0n) is 16.8. The van der Waals surface area contributed by atoms with E-state index in [1.807, 2.05) is 30.3 Å². The predicted octanol–water partition coefficient (Wildman–Crippen LogP) is 3.87. The molecule has 1 N–H and O–H groups in total. The molecule has 0 heterocycles. The maximum atomic E-state index is 12.3. The fourth-order valence-electron chi connectivity index (χ4n) is 1.90.